The largest absolute Gasteiger partial charge is 0.462 e. The molecule has 0 fully saturated rings. The molecule has 1 aliphatic carbocycles. The van der Waals surface area contributed by atoms with E-state index in [4.69, 9.17) is 4.74 Å². The number of nitrogens with zero attached hydrogens (tertiary/aromatic N) is 1. The van der Waals surface area contributed by atoms with Crippen molar-refractivity contribution >= 4 is 28.2 Å². The molecular formula is C20H28N2O3S. The first-order valence-corrected chi connectivity index (χ1v) is 9.87. The fourth-order valence-corrected chi connectivity index (χ4v) is 4.61. The second-order valence-electron chi connectivity index (χ2n) is 6.60. The molecule has 0 unspecified atom stereocenters. The summed E-state index contributed by atoms with van der Waals surface area (Å²) < 4.78 is 5.24. The highest BCUT2D eigenvalue weighted by atomic mass is 32.1. The van der Waals surface area contributed by atoms with Gasteiger partial charge in [-0.3, -0.25) is 9.69 Å². The van der Waals surface area contributed by atoms with E-state index in [0.717, 1.165) is 24.8 Å². The van der Waals surface area contributed by atoms with Gasteiger partial charge in [-0.1, -0.05) is 19.1 Å². The molecule has 26 heavy (non-hydrogen) atoms. The van der Waals surface area contributed by atoms with Crippen LogP contribution in [0.15, 0.2) is 25.3 Å². The number of thiophene rings is 1. The van der Waals surface area contributed by atoms with Crippen molar-refractivity contribution in [1.29, 1.82) is 0 Å². The summed E-state index contributed by atoms with van der Waals surface area (Å²) in [6.45, 7) is 13.2. The molecule has 142 valence electrons. The lowest BCUT2D eigenvalue weighted by Crippen LogP contribution is -2.33. The lowest BCUT2D eigenvalue weighted by atomic mass is 9.88. The summed E-state index contributed by atoms with van der Waals surface area (Å²) in [7, 11) is 0. The van der Waals surface area contributed by atoms with Crippen molar-refractivity contribution in [3.63, 3.8) is 0 Å². The van der Waals surface area contributed by atoms with Gasteiger partial charge in [0.25, 0.3) is 0 Å². The Bertz CT molecular complexity index is 671. The average molecular weight is 377 g/mol. The van der Waals surface area contributed by atoms with Gasteiger partial charge in [-0.2, -0.15) is 0 Å². The van der Waals surface area contributed by atoms with Gasteiger partial charge in [0.15, 0.2) is 0 Å². The Kier molecular flexibility index (Phi) is 7.60. The molecule has 1 aliphatic rings. The van der Waals surface area contributed by atoms with Gasteiger partial charge < -0.3 is 10.1 Å². The molecule has 1 amide bonds. The van der Waals surface area contributed by atoms with Crippen LogP contribution >= 0.6 is 11.3 Å². The van der Waals surface area contributed by atoms with Gasteiger partial charge in [0.1, 0.15) is 5.00 Å². The molecule has 0 aromatic carbocycles. The van der Waals surface area contributed by atoms with Crippen molar-refractivity contribution in [2.75, 3.05) is 31.6 Å². The molecule has 0 bridgehead atoms. The van der Waals surface area contributed by atoms with Gasteiger partial charge in [0.2, 0.25) is 5.91 Å². The molecule has 0 saturated carbocycles. The number of carbonyl (C=O) groups is 2. The second kappa shape index (κ2) is 9.69. The Hall–Kier alpha value is -1.92. The molecule has 1 atom stereocenters. The first-order chi connectivity index (χ1) is 12.5. The van der Waals surface area contributed by atoms with Gasteiger partial charge in [-0.15, -0.1) is 24.5 Å². The summed E-state index contributed by atoms with van der Waals surface area (Å²) in [4.78, 5) is 28.1. The second-order valence-corrected chi connectivity index (χ2v) is 7.70. The van der Waals surface area contributed by atoms with Gasteiger partial charge in [-0.25, -0.2) is 4.79 Å². The topological polar surface area (TPSA) is 58.6 Å². The van der Waals surface area contributed by atoms with Crippen molar-refractivity contribution in [2.24, 2.45) is 5.92 Å². The van der Waals surface area contributed by atoms with E-state index < -0.39 is 0 Å². The molecule has 1 aromatic heterocycles. The number of amides is 1. The zero-order chi connectivity index (χ0) is 19.1. The molecule has 6 heteroatoms. The lowest BCUT2D eigenvalue weighted by molar-refractivity contribution is -0.117. The highest BCUT2D eigenvalue weighted by Gasteiger charge is 2.29. The van der Waals surface area contributed by atoms with Crippen LogP contribution in [0.2, 0.25) is 0 Å². The number of anilines is 1. The highest BCUT2D eigenvalue weighted by molar-refractivity contribution is 7.17. The number of hydrogen-bond donors (Lipinski definition) is 1. The van der Waals surface area contributed by atoms with Gasteiger partial charge >= 0.3 is 5.97 Å². The van der Waals surface area contributed by atoms with E-state index in [2.05, 4.69) is 25.4 Å². The standard InChI is InChI=1S/C20H28N2O3S/c1-5-10-22(11-6-2)13-17(23)21-19-18(20(24)25-7-3)15-9-8-14(4)12-16(15)26-19/h5-6,14H,1-2,7-13H2,3-4H3,(H,21,23)/t14-/m1/s1. The van der Waals surface area contributed by atoms with E-state index in [0.29, 0.717) is 36.2 Å². The third kappa shape index (κ3) is 5.05. The summed E-state index contributed by atoms with van der Waals surface area (Å²) in [6, 6.07) is 0. The zero-order valence-corrected chi connectivity index (χ0v) is 16.5. The fourth-order valence-electron chi connectivity index (χ4n) is 3.20. The van der Waals surface area contributed by atoms with Crippen LogP contribution in [0.4, 0.5) is 5.00 Å². The van der Waals surface area contributed by atoms with E-state index in [9.17, 15) is 9.59 Å². The molecule has 5 nitrogen and oxygen atoms in total. The smallest absolute Gasteiger partial charge is 0.341 e. The van der Waals surface area contributed by atoms with E-state index in [1.54, 1.807) is 19.1 Å². The third-order valence-electron chi connectivity index (χ3n) is 4.39. The summed E-state index contributed by atoms with van der Waals surface area (Å²) >= 11 is 1.51. The van der Waals surface area contributed by atoms with Crippen LogP contribution in [0.25, 0.3) is 0 Å². The van der Waals surface area contributed by atoms with Crippen LogP contribution in [0, 0.1) is 5.92 Å². The summed E-state index contributed by atoms with van der Waals surface area (Å²) in [6.07, 6.45) is 6.37. The first kappa shape index (κ1) is 20.4. The number of rotatable bonds is 9. The number of esters is 1. The lowest BCUT2D eigenvalue weighted by Gasteiger charge is -2.18. The van der Waals surface area contributed by atoms with Crippen molar-refractivity contribution < 1.29 is 14.3 Å². The maximum Gasteiger partial charge on any atom is 0.341 e. The maximum absolute atomic E-state index is 12.5. The molecule has 1 heterocycles. The minimum atomic E-state index is -0.344. The Morgan fingerprint density at radius 2 is 2.04 bits per heavy atom. The van der Waals surface area contributed by atoms with Crippen LogP contribution in [-0.4, -0.2) is 43.0 Å². The Morgan fingerprint density at radius 1 is 1.35 bits per heavy atom. The van der Waals surface area contributed by atoms with Crippen molar-refractivity contribution in [2.45, 2.75) is 33.1 Å². The zero-order valence-electron chi connectivity index (χ0n) is 15.7. The van der Waals surface area contributed by atoms with Crippen LogP contribution in [0.3, 0.4) is 0 Å². The number of nitrogens with one attached hydrogen (secondary N) is 1. The van der Waals surface area contributed by atoms with Gasteiger partial charge in [0.05, 0.1) is 18.7 Å². The quantitative estimate of drug-likeness (QED) is 0.528. The van der Waals surface area contributed by atoms with Crippen LogP contribution < -0.4 is 5.32 Å². The molecule has 0 spiro atoms. The summed E-state index contributed by atoms with van der Waals surface area (Å²) in [5, 5.41) is 3.55. The van der Waals surface area contributed by atoms with Crippen LogP contribution in [-0.2, 0) is 22.4 Å². The minimum Gasteiger partial charge on any atom is -0.462 e. The molecule has 1 N–H and O–H groups in total. The molecule has 2 rings (SSSR count). The van der Waals surface area contributed by atoms with Gasteiger partial charge in [-0.05, 0) is 37.7 Å². The summed E-state index contributed by atoms with van der Waals surface area (Å²) in [5.41, 5.74) is 1.60. The minimum absolute atomic E-state index is 0.147. The number of ether oxygens (including phenoxy) is 1. The van der Waals surface area contributed by atoms with Gasteiger partial charge in [0, 0.05) is 18.0 Å². The van der Waals surface area contributed by atoms with E-state index in [1.807, 2.05) is 4.90 Å². The Morgan fingerprint density at radius 3 is 2.65 bits per heavy atom. The van der Waals surface area contributed by atoms with E-state index in [1.165, 1.54) is 16.2 Å². The van der Waals surface area contributed by atoms with E-state index >= 15 is 0 Å². The Balaban J connectivity index is 2.21. The van der Waals surface area contributed by atoms with Crippen molar-refractivity contribution in [3.05, 3.63) is 41.3 Å². The predicted molar refractivity (Wildman–Crippen MR) is 107 cm³/mol. The molecule has 0 radical (unpaired) electrons. The maximum atomic E-state index is 12.5. The predicted octanol–water partition coefficient (Wildman–Crippen LogP) is 3.66. The first-order valence-electron chi connectivity index (χ1n) is 9.05. The van der Waals surface area contributed by atoms with Crippen molar-refractivity contribution in [1.82, 2.24) is 4.90 Å². The monoisotopic (exact) mass is 376 g/mol. The number of hydrogen-bond acceptors (Lipinski definition) is 5. The molecular weight excluding hydrogens is 348 g/mol. The number of carbonyl (C=O) groups excluding carboxylic acids is 2. The Labute approximate surface area is 159 Å². The fraction of sp³-hybridized carbons (Fsp3) is 0.500. The average Bonchev–Trinajstić information content (AvgIpc) is 2.92. The highest BCUT2D eigenvalue weighted by Crippen LogP contribution is 2.40. The van der Waals surface area contributed by atoms with Crippen molar-refractivity contribution in [3.8, 4) is 0 Å². The van der Waals surface area contributed by atoms with E-state index in [-0.39, 0.29) is 18.4 Å². The SMILES string of the molecule is C=CCN(CC=C)CC(=O)Nc1sc2c(c1C(=O)OCC)CC[C@@H](C)C2. The number of fused-ring (bicyclic) bond motifs is 1. The summed E-state index contributed by atoms with van der Waals surface area (Å²) in [5.74, 6) is 0.102. The van der Waals surface area contributed by atoms with Crippen LogP contribution in [0.5, 0.6) is 0 Å². The third-order valence-corrected chi connectivity index (χ3v) is 5.56. The van der Waals surface area contributed by atoms with Crippen LogP contribution in [0.1, 0.15) is 41.1 Å². The molecule has 0 aliphatic heterocycles. The molecule has 0 saturated heterocycles. The molecule has 1 aromatic rings. The normalized spacial score (nSPS) is 16.0.